The van der Waals surface area contributed by atoms with Crippen molar-refractivity contribution in [2.24, 2.45) is 5.92 Å². The van der Waals surface area contributed by atoms with Crippen LogP contribution in [0.15, 0.2) is 11.6 Å². The molecule has 0 aliphatic heterocycles. The van der Waals surface area contributed by atoms with Crippen molar-refractivity contribution in [1.29, 1.82) is 0 Å². The van der Waals surface area contributed by atoms with Crippen LogP contribution in [0.3, 0.4) is 0 Å². The quantitative estimate of drug-likeness (QED) is 0.254. The summed E-state index contributed by atoms with van der Waals surface area (Å²) in [6, 6.07) is 0. The molecule has 138 valence electrons. The first-order valence-electron chi connectivity index (χ1n) is 10.1. The van der Waals surface area contributed by atoms with Crippen LogP contribution in [0.2, 0.25) is 0 Å². The third-order valence-corrected chi connectivity index (χ3v) is 4.68. The zero-order valence-corrected chi connectivity index (χ0v) is 15.9. The van der Waals surface area contributed by atoms with Crippen LogP contribution in [0.1, 0.15) is 104 Å². The van der Waals surface area contributed by atoms with E-state index in [1.807, 2.05) is 0 Å². The first-order chi connectivity index (χ1) is 11.2. The molecule has 2 N–H and O–H groups in total. The number of hydrogen-bond donors (Lipinski definition) is 2. The van der Waals surface area contributed by atoms with Gasteiger partial charge in [-0.25, -0.2) is 0 Å². The number of allylic oxidation sites excluding steroid dienone is 2. The Morgan fingerprint density at radius 1 is 0.739 bits per heavy atom. The monoisotopic (exact) mass is 326 g/mol. The third-order valence-electron chi connectivity index (χ3n) is 4.68. The lowest BCUT2D eigenvalue weighted by Gasteiger charge is -2.10. The zero-order chi connectivity index (χ0) is 17.2. The fourth-order valence-electron chi connectivity index (χ4n) is 3.06. The van der Waals surface area contributed by atoms with E-state index in [-0.39, 0.29) is 19.1 Å². The van der Waals surface area contributed by atoms with Gasteiger partial charge in [-0.3, -0.25) is 0 Å². The molecule has 0 aliphatic carbocycles. The summed E-state index contributed by atoms with van der Waals surface area (Å²) in [6.07, 6.45) is 21.0. The Morgan fingerprint density at radius 3 is 1.61 bits per heavy atom. The summed E-state index contributed by atoms with van der Waals surface area (Å²) in [5.74, 6) is 0.0215. The van der Waals surface area contributed by atoms with Gasteiger partial charge in [0, 0.05) is 19.1 Å². The van der Waals surface area contributed by atoms with Crippen molar-refractivity contribution >= 4 is 0 Å². The lowest BCUT2D eigenvalue weighted by Crippen LogP contribution is -2.11. The Hall–Kier alpha value is -0.340. The average Bonchev–Trinajstić information content (AvgIpc) is 2.56. The van der Waals surface area contributed by atoms with Gasteiger partial charge in [-0.05, 0) is 26.2 Å². The summed E-state index contributed by atoms with van der Waals surface area (Å²) in [7, 11) is 0. The minimum Gasteiger partial charge on any atom is -0.396 e. The lowest BCUT2D eigenvalue weighted by molar-refractivity contribution is 0.150. The van der Waals surface area contributed by atoms with Gasteiger partial charge in [-0.2, -0.15) is 0 Å². The van der Waals surface area contributed by atoms with Crippen LogP contribution in [-0.2, 0) is 0 Å². The summed E-state index contributed by atoms with van der Waals surface area (Å²) in [5.41, 5.74) is 1.31. The molecule has 23 heavy (non-hydrogen) atoms. The predicted octanol–water partition coefficient (Wildman–Crippen LogP) is 6.01. The van der Waals surface area contributed by atoms with Gasteiger partial charge in [0.2, 0.25) is 0 Å². The summed E-state index contributed by atoms with van der Waals surface area (Å²) in [6.45, 7) is 4.55. The van der Waals surface area contributed by atoms with Gasteiger partial charge in [-0.1, -0.05) is 89.2 Å². The molecular formula is C21H42O2. The molecule has 0 saturated heterocycles. The fourth-order valence-corrected chi connectivity index (χ4v) is 3.06. The molecule has 0 aromatic carbocycles. The maximum atomic E-state index is 9.07. The largest absolute Gasteiger partial charge is 0.396 e. The van der Waals surface area contributed by atoms with Crippen molar-refractivity contribution in [2.75, 3.05) is 13.2 Å². The third kappa shape index (κ3) is 16.3. The summed E-state index contributed by atoms with van der Waals surface area (Å²) in [5, 5.41) is 18.1. The molecule has 0 bridgehead atoms. The van der Waals surface area contributed by atoms with Crippen molar-refractivity contribution < 1.29 is 10.2 Å². The van der Waals surface area contributed by atoms with E-state index in [0.29, 0.717) is 0 Å². The van der Waals surface area contributed by atoms with Gasteiger partial charge in [0.05, 0.1) is 0 Å². The molecule has 0 atom stereocenters. The van der Waals surface area contributed by atoms with Crippen molar-refractivity contribution in [2.45, 2.75) is 104 Å². The Kier molecular flexibility index (Phi) is 17.7. The average molecular weight is 327 g/mol. The van der Waals surface area contributed by atoms with Gasteiger partial charge >= 0.3 is 0 Å². The molecule has 0 aromatic rings. The Bertz CT molecular complexity index is 257. The van der Waals surface area contributed by atoms with E-state index in [9.17, 15) is 0 Å². The fraction of sp³-hybridized carbons (Fsp3) is 0.905. The number of unbranched alkanes of at least 4 members (excludes halogenated alkanes) is 12. The Morgan fingerprint density at radius 2 is 1.17 bits per heavy atom. The smallest absolute Gasteiger partial charge is 0.0484 e. The second kappa shape index (κ2) is 18.0. The second-order valence-corrected chi connectivity index (χ2v) is 7.16. The maximum Gasteiger partial charge on any atom is 0.0484 e. The van der Waals surface area contributed by atoms with Crippen LogP contribution in [-0.4, -0.2) is 23.4 Å². The lowest BCUT2D eigenvalue weighted by atomic mass is 10.0. The molecule has 0 fully saturated rings. The second-order valence-electron chi connectivity index (χ2n) is 7.16. The van der Waals surface area contributed by atoms with E-state index in [1.165, 1.54) is 82.6 Å². The van der Waals surface area contributed by atoms with Gasteiger partial charge in [-0.15, -0.1) is 0 Å². The van der Waals surface area contributed by atoms with Crippen LogP contribution >= 0.6 is 0 Å². The first-order valence-corrected chi connectivity index (χ1v) is 10.1. The summed E-state index contributed by atoms with van der Waals surface area (Å²) < 4.78 is 0. The van der Waals surface area contributed by atoms with E-state index in [2.05, 4.69) is 19.9 Å². The van der Waals surface area contributed by atoms with Gasteiger partial charge < -0.3 is 10.2 Å². The molecule has 0 saturated carbocycles. The molecule has 0 aromatic heterocycles. The first kappa shape index (κ1) is 22.7. The Labute approximate surface area is 145 Å². The van der Waals surface area contributed by atoms with Crippen LogP contribution in [0.4, 0.5) is 0 Å². The molecule has 2 nitrogen and oxygen atoms in total. The van der Waals surface area contributed by atoms with Crippen molar-refractivity contribution in [1.82, 2.24) is 0 Å². The number of aliphatic hydroxyl groups excluding tert-OH is 2. The molecule has 0 spiro atoms. The van der Waals surface area contributed by atoms with E-state index < -0.39 is 0 Å². The molecule has 0 aliphatic rings. The van der Waals surface area contributed by atoms with Crippen LogP contribution in [0, 0.1) is 5.92 Å². The van der Waals surface area contributed by atoms with Crippen LogP contribution < -0.4 is 0 Å². The van der Waals surface area contributed by atoms with E-state index in [4.69, 9.17) is 10.2 Å². The predicted molar refractivity (Wildman–Crippen MR) is 102 cm³/mol. The van der Waals surface area contributed by atoms with Gasteiger partial charge in [0.1, 0.15) is 0 Å². The highest BCUT2D eigenvalue weighted by Crippen LogP contribution is 2.15. The minimum absolute atomic E-state index is 0.0215. The SMILES string of the molecule is CCCCCCCCCCCCCC/C=C(/C)CC(CO)CO. The normalized spacial score (nSPS) is 12.3. The summed E-state index contributed by atoms with van der Waals surface area (Å²) in [4.78, 5) is 0. The van der Waals surface area contributed by atoms with E-state index in [0.717, 1.165) is 12.8 Å². The van der Waals surface area contributed by atoms with E-state index in [1.54, 1.807) is 0 Å². The molecular weight excluding hydrogens is 284 g/mol. The van der Waals surface area contributed by atoms with Gasteiger partial charge in [0.15, 0.2) is 0 Å². The van der Waals surface area contributed by atoms with Crippen molar-refractivity contribution in [3.05, 3.63) is 11.6 Å². The highest BCUT2D eigenvalue weighted by Gasteiger charge is 2.05. The van der Waals surface area contributed by atoms with Crippen molar-refractivity contribution in [3.63, 3.8) is 0 Å². The zero-order valence-electron chi connectivity index (χ0n) is 15.9. The van der Waals surface area contributed by atoms with Crippen LogP contribution in [0.5, 0.6) is 0 Å². The van der Waals surface area contributed by atoms with Crippen LogP contribution in [0.25, 0.3) is 0 Å². The molecule has 0 radical (unpaired) electrons. The number of hydrogen-bond acceptors (Lipinski definition) is 2. The van der Waals surface area contributed by atoms with Crippen molar-refractivity contribution in [3.8, 4) is 0 Å². The Balaban J connectivity index is 3.29. The standard InChI is InChI=1S/C21H42O2/c1-3-4-5-6-7-8-9-10-11-12-13-14-15-16-20(2)17-21(18-22)19-23/h16,21-23H,3-15,17-19H2,1-2H3/b20-16-. The molecule has 0 heterocycles. The molecule has 2 heteroatoms. The molecule has 0 amide bonds. The highest BCUT2D eigenvalue weighted by molar-refractivity contribution is 4.99. The summed E-state index contributed by atoms with van der Waals surface area (Å²) >= 11 is 0. The highest BCUT2D eigenvalue weighted by atomic mass is 16.3. The topological polar surface area (TPSA) is 40.5 Å². The van der Waals surface area contributed by atoms with Gasteiger partial charge in [0.25, 0.3) is 0 Å². The minimum atomic E-state index is 0.0215. The van der Waals surface area contributed by atoms with E-state index >= 15 is 0 Å². The number of rotatable bonds is 17. The molecule has 0 unspecified atom stereocenters. The number of aliphatic hydroxyl groups is 2. The maximum absolute atomic E-state index is 9.07. The molecule has 0 rings (SSSR count).